The lowest BCUT2D eigenvalue weighted by atomic mass is 10.0. The van der Waals surface area contributed by atoms with Crippen LogP contribution in [0.5, 0.6) is 0 Å². The number of nitrogens with zero attached hydrogens (tertiary/aromatic N) is 5. The highest BCUT2D eigenvalue weighted by Gasteiger charge is 2.30. The van der Waals surface area contributed by atoms with E-state index in [-0.39, 0.29) is 23.7 Å². The molecule has 1 saturated heterocycles. The summed E-state index contributed by atoms with van der Waals surface area (Å²) in [6.45, 7) is 2.87. The Labute approximate surface area is 173 Å². The minimum absolute atomic E-state index is 0.0350. The van der Waals surface area contributed by atoms with Gasteiger partial charge >= 0.3 is 0 Å². The number of carbonyl (C=O) groups is 2. The number of benzene rings is 1. The molecule has 0 bridgehead atoms. The summed E-state index contributed by atoms with van der Waals surface area (Å²) < 4.78 is 16.3. The van der Waals surface area contributed by atoms with Crippen LogP contribution in [0.4, 0.5) is 4.39 Å². The molecule has 1 aliphatic heterocycles. The smallest absolute Gasteiger partial charge is 0.259 e. The molecule has 1 fully saturated rings. The molecule has 1 N–H and O–H groups in total. The number of amides is 2. The summed E-state index contributed by atoms with van der Waals surface area (Å²) >= 11 is 0. The number of hydrogen-bond donors (Lipinski definition) is 1. The van der Waals surface area contributed by atoms with Crippen molar-refractivity contribution in [3.05, 3.63) is 65.4 Å². The number of nitrogens with one attached hydrogen (secondary N) is 1. The van der Waals surface area contributed by atoms with Gasteiger partial charge < -0.3 is 10.2 Å². The minimum atomic E-state index is -0.376. The van der Waals surface area contributed by atoms with Gasteiger partial charge in [-0.2, -0.15) is 10.2 Å². The standard InChI is InChI=1S/C21H23FN6O2/c1-14-18(20(26(2)25-14)28-11-3-10-23-28)21(30)27-12-8-17(9-13-27)24-19(29)15-4-6-16(22)7-5-15/h3-7,10-11,17H,8-9,12-13H2,1-2H3,(H,24,29). The molecule has 2 amide bonds. The fourth-order valence-corrected chi connectivity index (χ4v) is 3.81. The van der Waals surface area contributed by atoms with Crippen molar-refractivity contribution in [1.29, 1.82) is 0 Å². The van der Waals surface area contributed by atoms with Gasteiger partial charge in [0.1, 0.15) is 11.4 Å². The van der Waals surface area contributed by atoms with Gasteiger partial charge in [-0.25, -0.2) is 13.8 Å². The maximum Gasteiger partial charge on any atom is 0.259 e. The monoisotopic (exact) mass is 410 g/mol. The van der Waals surface area contributed by atoms with Gasteiger partial charge in [0.25, 0.3) is 11.8 Å². The third-order valence-electron chi connectivity index (χ3n) is 5.35. The second-order valence-corrected chi connectivity index (χ2v) is 7.41. The molecule has 9 heteroatoms. The topological polar surface area (TPSA) is 85.1 Å². The van der Waals surface area contributed by atoms with Crippen molar-refractivity contribution < 1.29 is 14.0 Å². The normalized spacial score (nSPS) is 14.7. The lowest BCUT2D eigenvalue weighted by molar-refractivity contribution is 0.0697. The van der Waals surface area contributed by atoms with Gasteiger partial charge in [-0.1, -0.05) is 0 Å². The third kappa shape index (κ3) is 3.83. The first-order chi connectivity index (χ1) is 14.4. The summed E-state index contributed by atoms with van der Waals surface area (Å²) in [5.41, 5.74) is 1.61. The predicted molar refractivity (Wildman–Crippen MR) is 108 cm³/mol. The van der Waals surface area contributed by atoms with Crippen molar-refractivity contribution in [2.45, 2.75) is 25.8 Å². The molecule has 2 aromatic heterocycles. The maximum atomic E-state index is 13.2. The Hall–Kier alpha value is -3.49. The van der Waals surface area contributed by atoms with Crippen molar-refractivity contribution >= 4 is 11.8 Å². The van der Waals surface area contributed by atoms with Crippen molar-refractivity contribution in [1.82, 2.24) is 29.8 Å². The fourth-order valence-electron chi connectivity index (χ4n) is 3.81. The summed E-state index contributed by atoms with van der Waals surface area (Å²) in [4.78, 5) is 27.4. The number of halogens is 1. The van der Waals surface area contributed by atoms with E-state index < -0.39 is 0 Å². The molecule has 0 saturated carbocycles. The van der Waals surface area contributed by atoms with Crippen molar-refractivity contribution in [3.63, 3.8) is 0 Å². The first-order valence-electron chi connectivity index (χ1n) is 9.83. The van der Waals surface area contributed by atoms with Crippen LogP contribution in [-0.4, -0.2) is 55.4 Å². The number of rotatable bonds is 4. The van der Waals surface area contributed by atoms with E-state index in [1.54, 1.807) is 39.8 Å². The zero-order chi connectivity index (χ0) is 21.3. The first kappa shape index (κ1) is 19.8. The highest BCUT2D eigenvalue weighted by molar-refractivity contribution is 5.98. The van der Waals surface area contributed by atoms with Crippen LogP contribution in [0.2, 0.25) is 0 Å². The van der Waals surface area contributed by atoms with Gasteiger partial charge in [-0.3, -0.25) is 9.59 Å². The van der Waals surface area contributed by atoms with E-state index >= 15 is 0 Å². The fraction of sp³-hybridized carbons (Fsp3) is 0.333. The minimum Gasteiger partial charge on any atom is -0.349 e. The quantitative estimate of drug-likeness (QED) is 0.714. The molecule has 0 unspecified atom stereocenters. The molecule has 30 heavy (non-hydrogen) atoms. The van der Waals surface area contributed by atoms with Crippen LogP contribution in [0, 0.1) is 12.7 Å². The lowest BCUT2D eigenvalue weighted by Gasteiger charge is -2.32. The van der Waals surface area contributed by atoms with Gasteiger partial charge in [0.2, 0.25) is 0 Å². The lowest BCUT2D eigenvalue weighted by Crippen LogP contribution is -2.46. The Morgan fingerprint density at radius 3 is 2.50 bits per heavy atom. The van der Waals surface area contributed by atoms with Crippen molar-refractivity contribution in [2.75, 3.05) is 13.1 Å². The van der Waals surface area contributed by atoms with Gasteiger partial charge in [-0.05, 0) is 50.1 Å². The Kier molecular flexibility index (Phi) is 5.35. The van der Waals surface area contributed by atoms with Crippen LogP contribution >= 0.6 is 0 Å². The Balaban J connectivity index is 1.42. The predicted octanol–water partition coefficient (Wildman–Crippen LogP) is 2.09. The van der Waals surface area contributed by atoms with E-state index in [9.17, 15) is 14.0 Å². The Morgan fingerprint density at radius 2 is 1.87 bits per heavy atom. The molecule has 0 aliphatic carbocycles. The Bertz CT molecular complexity index is 1050. The average molecular weight is 410 g/mol. The van der Waals surface area contributed by atoms with E-state index in [0.717, 1.165) is 0 Å². The van der Waals surface area contributed by atoms with Gasteiger partial charge in [0, 0.05) is 44.1 Å². The van der Waals surface area contributed by atoms with E-state index in [1.807, 2.05) is 6.92 Å². The molecule has 156 valence electrons. The van der Waals surface area contributed by atoms with Crippen LogP contribution in [0.25, 0.3) is 5.82 Å². The van der Waals surface area contributed by atoms with Crippen molar-refractivity contribution in [2.24, 2.45) is 7.05 Å². The van der Waals surface area contributed by atoms with Crippen LogP contribution in [-0.2, 0) is 7.05 Å². The number of likely N-dealkylation sites (tertiary alicyclic amines) is 1. The number of carbonyl (C=O) groups excluding carboxylic acids is 2. The second kappa shape index (κ2) is 8.10. The number of aromatic nitrogens is 4. The molecule has 8 nitrogen and oxygen atoms in total. The summed E-state index contributed by atoms with van der Waals surface area (Å²) in [6.07, 6.45) is 4.74. The average Bonchev–Trinajstić information content (AvgIpc) is 3.35. The molecule has 0 radical (unpaired) electrons. The highest BCUT2D eigenvalue weighted by Crippen LogP contribution is 2.22. The number of piperidine rings is 1. The van der Waals surface area contributed by atoms with Crippen LogP contribution < -0.4 is 5.32 Å². The molecule has 0 spiro atoms. The molecule has 3 heterocycles. The Morgan fingerprint density at radius 1 is 1.17 bits per heavy atom. The zero-order valence-electron chi connectivity index (χ0n) is 16.9. The highest BCUT2D eigenvalue weighted by atomic mass is 19.1. The molecular formula is C21H23FN6O2. The SMILES string of the molecule is Cc1nn(C)c(-n2cccn2)c1C(=O)N1CCC(NC(=O)c2ccc(F)cc2)CC1. The number of aryl methyl sites for hydroxylation is 2. The molecule has 1 aliphatic rings. The van der Waals surface area contributed by atoms with Gasteiger partial charge in [0.05, 0.1) is 5.69 Å². The summed E-state index contributed by atoms with van der Waals surface area (Å²) in [5, 5.41) is 11.6. The largest absolute Gasteiger partial charge is 0.349 e. The number of hydrogen-bond acceptors (Lipinski definition) is 4. The summed E-state index contributed by atoms with van der Waals surface area (Å²) in [7, 11) is 1.79. The van der Waals surface area contributed by atoms with E-state index in [0.29, 0.717) is 48.6 Å². The van der Waals surface area contributed by atoms with Crippen LogP contribution in [0.15, 0.2) is 42.7 Å². The zero-order valence-corrected chi connectivity index (χ0v) is 16.9. The second-order valence-electron chi connectivity index (χ2n) is 7.41. The maximum absolute atomic E-state index is 13.2. The van der Waals surface area contributed by atoms with Crippen LogP contribution in [0.3, 0.4) is 0 Å². The summed E-state index contributed by atoms with van der Waals surface area (Å²) in [5.74, 6) is -0.0638. The molecular weight excluding hydrogens is 387 g/mol. The van der Waals surface area contributed by atoms with E-state index in [2.05, 4.69) is 15.5 Å². The van der Waals surface area contributed by atoms with E-state index in [1.165, 1.54) is 24.3 Å². The molecule has 0 atom stereocenters. The molecule has 4 rings (SSSR count). The van der Waals surface area contributed by atoms with Crippen LogP contribution in [0.1, 0.15) is 39.3 Å². The van der Waals surface area contributed by atoms with Gasteiger partial charge in [0.15, 0.2) is 5.82 Å². The molecule has 3 aromatic rings. The summed E-state index contributed by atoms with van der Waals surface area (Å²) in [6, 6.07) is 7.22. The van der Waals surface area contributed by atoms with E-state index in [4.69, 9.17) is 0 Å². The third-order valence-corrected chi connectivity index (χ3v) is 5.35. The molecule has 1 aromatic carbocycles. The van der Waals surface area contributed by atoms with Crippen molar-refractivity contribution in [3.8, 4) is 5.82 Å². The van der Waals surface area contributed by atoms with Gasteiger partial charge in [-0.15, -0.1) is 0 Å². The first-order valence-corrected chi connectivity index (χ1v) is 9.83.